The number of sulfone groups is 1. The molecule has 2 rings (SSSR count). The Bertz CT molecular complexity index is 890. The lowest BCUT2D eigenvalue weighted by molar-refractivity contribution is 0.0773. The second-order valence-electron chi connectivity index (χ2n) is 6.11. The number of hydrogen-bond acceptors (Lipinski definition) is 3. The van der Waals surface area contributed by atoms with Crippen molar-refractivity contribution in [3.8, 4) is 0 Å². The van der Waals surface area contributed by atoms with E-state index in [9.17, 15) is 13.2 Å². The monoisotopic (exact) mass is 393 g/mol. The van der Waals surface area contributed by atoms with Crippen molar-refractivity contribution in [1.29, 1.82) is 0 Å². The molecule has 0 aliphatic heterocycles. The van der Waals surface area contributed by atoms with Gasteiger partial charge < -0.3 is 4.90 Å². The lowest BCUT2D eigenvalue weighted by Gasteiger charge is -2.19. The van der Waals surface area contributed by atoms with Gasteiger partial charge in [-0.3, -0.25) is 4.79 Å². The Morgan fingerprint density at radius 1 is 1.08 bits per heavy atom. The fourth-order valence-corrected chi connectivity index (χ4v) is 4.66. The quantitative estimate of drug-likeness (QED) is 0.710. The van der Waals surface area contributed by atoms with Crippen molar-refractivity contribution in [3.05, 3.63) is 64.2 Å². The molecule has 26 heavy (non-hydrogen) atoms. The number of aryl methyl sites for hydroxylation is 1. The predicted octanol–water partition coefficient (Wildman–Crippen LogP) is 4.15. The lowest BCUT2D eigenvalue weighted by atomic mass is 10.1. The number of carbonyl (C=O) groups excluding carboxylic acids is 1. The zero-order chi connectivity index (χ0) is 19.3. The molecule has 0 atom stereocenters. The third-order valence-corrected chi connectivity index (χ3v) is 6.70. The van der Waals surface area contributed by atoms with Gasteiger partial charge in [-0.25, -0.2) is 8.42 Å². The highest BCUT2D eigenvalue weighted by Gasteiger charge is 2.19. The fraction of sp³-hybridized carbons (Fsp3) is 0.350. The molecule has 1 amide bonds. The third-order valence-electron chi connectivity index (χ3n) is 4.44. The highest BCUT2D eigenvalue weighted by atomic mass is 35.5. The second-order valence-corrected chi connectivity index (χ2v) is 8.59. The van der Waals surface area contributed by atoms with Crippen molar-refractivity contribution in [2.24, 2.45) is 0 Å². The summed E-state index contributed by atoms with van der Waals surface area (Å²) in [4.78, 5) is 14.5. The molecule has 6 heteroatoms. The average Bonchev–Trinajstić information content (AvgIpc) is 2.63. The molecule has 4 nitrogen and oxygen atoms in total. The van der Waals surface area contributed by atoms with Gasteiger partial charge in [-0.1, -0.05) is 29.8 Å². The predicted molar refractivity (Wildman–Crippen MR) is 106 cm³/mol. The van der Waals surface area contributed by atoms with Crippen LogP contribution in [-0.2, 0) is 16.3 Å². The summed E-state index contributed by atoms with van der Waals surface area (Å²) in [6.45, 7) is 6.86. The summed E-state index contributed by atoms with van der Waals surface area (Å²) in [6.07, 6.45) is 0.341. The molecule has 2 aromatic rings. The van der Waals surface area contributed by atoms with E-state index in [1.54, 1.807) is 48.2 Å². The van der Waals surface area contributed by atoms with Crippen LogP contribution in [0.5, 0.6) is 0 Å². The Kier molecular flexibility index (Phi) is 6.84. The van der Waals surface area contributed by atoms with Crippen LogP contribution in [0, 0.1) is 6.92 Å². The number of carbonyl (C=O) groups is 1. The second kappa shape index (κ2) is 8.69. The van der Waals surface area contributed by atoms with Crippen LogP contribution in [0.1, 0.15) is 35.3 Å². The lowest BCUT2D eigenvalue weighted by Crippen LogP contribution is -2.30. The molecule has 0 saturated heterocycles. The van der Waals surface area contributed by atoms with Gasteiger partial charge in [0, 0.05) is 23.7 Å². The maximum atomic E-state index is 12.7. The van der Waals surface area contributed by atoms with Gasteiger partial charge in [0.1, 0.15) is 0 Å². The van der Waals surface area contributed by atoms with Crippen LogP contribution in [0.4, 0.5) is 0 Å². The first-order chi connectivity index (χ1) is 12.3. The number of benzene rings is 2. The first-order valence-electron chi connectivity index (χ1n) is 8.66. The Balaban J connectivity index is 2.18. The smallest absolute Gasteiger partial charge is 0.253 e. The summed E-state index contributed by atoms with van der Waals surface area (Å²) >= 11 is 6.04. The van der Waals surface area contributed by atoms with Gasteiger partial charge in [-0.05, 0) is 62.6 Å². The Morgan fingerprint density at radius 3 is 2.38 bits per heavy atom. The van der Waals surface area contributed by atoms with Gasteiger partial charge in [0.05, 0.1) is 10.6 Å². The molecule has 0 unspecified atom stereocenters. The van der Waals surface area contributed by atoms with Crippen molar-refractivity contribution in [2.45, 2.75) is 32.1 Å². The van der Waals surface area contributed by atoms with E-state index in [4.69, 9.17) is 11.6 Å². The number of rotatable bonds is 7. The van der Waals surface area contributed by atoms with Crippen molar-refractivity contribution in [3.63, 3.8) is 0 Å². The number of amides is 1. The van der Waals surface area contributed by atoms with E-state index in [0.29, 0.717) is 35.7 Å². The minimum atomic E-state index is -3.45. The standard InChI is InChI=1S/C20H24ClNO3S/c1-4-22(5-2)20(23)17-9-6-8-16(14-17)12-13-26(24,25)19-11-7-10-18(21)15(19)3/h6-11,14H,4-5,12-13H2,1-3H3. The Morgan fingerprint density at radius 2 is 1.73 bits per heavy atom. The molecule has 0 spiro atoms. The first-order valence-corrected chi connectivity index (χ1v) is 10.7. The van der Waals surface area contributed by atoms with E-state index in [2.05, 4.69) is 0 Å². The van der Waals surface area contributed by atoms with Crippen LogP contribution < -0.4 is 0 Å². The molecule has 140 valence electrons. The van der Waals surface area contributed by atoms with Gasteiger partial charge in [-0.15, -0.1) is 0 Å². The minimum absolute atomic E-state index is 0.0307. The van der Waals surface area contributed by atoms with Crippen LogP contribution in [0.15, 0.2) is 47.4 Å². The molecule has 0 aliphatic carbocycles. The first kappa shape index (κ1) is 20.5. The largest absolute Gasteiger partial charge is 0.339 e. The fourth-order valence-electron chi connectivity index (χ4n) is 2.84. The molecule has 0 N–H and O–H groups in total. The summed E-state index contributed by atoms with van der Waals surface area (Å²) < 4.78 is 25.3. The summed E-state index contributed by atoms with van der Waals surface area (Å²) in [5.74, 6) is -0.0673. The number of halogens is 1. The molecular formula is C20H24ClNO3S. The molecule has 0 bridgehead atoms. The Hall–Kier alpha value is -1.85. The van der Waals surface area contributed by atoms with Crippen molar-refractivity contribution < 1.29 is 13.2 Å². The highest BCUT2D eigenvalue weighted by molar-refractivity contribution is 7.91. The SMILES string of the molecule is CCN(CC)C(=O)c1cccc(CCS(=O)(=O)c2cccc(Cl)c2C)c1. The topological polar surface area (TPSA) is 54.5 Å². The average molecular weight is 394 g/mol. The van der Waals surface area contributed by atoms with Gasteiger partial charge in [-0.2, -0.15) is 0 Å². The zero-order valence-electron chi connectivity index (χ0n) is 15.3. The molecule has 0 aromatic heterocycles. The Labute approximate surface area is 160 Å². The summed E-state index contributed by atoms with van der Waals surface area (Å²) in [5, 5.41) is 0.442. The van der Waals surface area contributed by atoms with Crippen LogP contribution in [0.2, 0.25) is 5.02 Å². The van der Waals surface area contributed by atoms with Gasteiger partial charge in [0.15, 0.2) is 9.84 Å². The maximum Gasteiger partial charge on any atom is 0.253 e. The van der Waals surface area contributed by atoms with Crippen LogP contribution in [-0.4, -0.2) is 38.1 Å². The molecule has 0 aliphatic rings. The van der Waals surface area contributed by atoms with Crippen LogP contribution in [0.3, 0.4) is 0 Å². The highest BCUT2D eigenvalue weighted by Crippen LogP contribution is 2.24. The number of hydrogen-bond donors (Lipinski definition) is 0. The summed E-state index contributed by atoms with van der Waals surface area (Å²) in [7, 11) is -3.45. The van der Waals surface area contributed by atoms with Gasteiger partial charge in [0.2, 0.25) is 0 Å². The normalized spacial score (nSPS) is 11.4. The summed E-state index contributed by atoms with van der Waals surface area (Å²) in [5.41, 5.74) is 1.98. The van der Waals surface area contributed by atoms with E-state index < -0.39 is 9.84 Å². The van der Waals surface area contributed by atoms with E-state index >= 15 is 0 Å². The number of nitrogens with zero attached hydrogens (tertiary/aromatic N) is 1. The van der Waals surface area contributed by atoms with Crippen molar-refractivity contribution in [1.82, 2.24) is 4.90 Å². The van der Waals surface area contributed by atoms with E-state index in [0.717, 1.165) is 5.56 Å². The maximum absolute atomic E-state index is 12.7. The van der Waals surface area contributed by atoms with E-state index in [1.807, 2.05) is 19.9 Å². The van der Waals surface area contributed by atoms with Gasteiger partial charge >= 0.3 is 0 Å². The van der Waals surface area contributed by atoms with Crippen molar-refractivity contribution >= 4 is 27.3 Å². The summed E-state index contributed by atoms with van der Waals surface area (Å²) in [6, 6.07) is 12.1. The minimum Gasteiger partial charge on any atom is -0.339 e. The molecule has 2 aromatic carbocycles. The molecule has 0 radical (unpaired) electrons. The molecule has 0 heterocycles. The molecule has 0 fully saturated rings. The third kappa shape index (κ3) is 4.65. The molecule has 0 saturated carbocycles. The van der Waals surface area contributed by atoms with Crippen molar-refractivity contribution in [2.75, 3.05) is 18.8 Å². The van der Waals surface area contributed by atoms with E-state index in [1.165, 1.54) is 0 Å². The van der Waals surface area contributed by atoms with Gasteiger partial charge in [0.25, 0.3) is 5.91 Å². The van der Waals surface area contributed by atoms with E-state index in [-0.39, 0.29) is 16.6 Å². The molecular weight excluding hydrogens is 370 g/mol. The van der Waals surface area contributed by atoms with Crippen LogP contribution >= 0.6 is 11.6 Å². The zero-order valence-corrected chi connectivity index (χ0v) is 16.9. The van der Waals surface area contributed by atoms with Crippen LogP contribution in [0.25, 0.3) is 0 Å².